The molecule has 1 heterocycles. The molecule has 0 radical (unpaired) electrons. The van der Waals surface area contributed by atoms with Crippen molar-refractivity contribution in [1.82, 2.24) is 9.56 Å². The van der Waals surface area contributed by atoms with Gasteiger partial charge in [-0.15, -0.1) is 12.4 Å². The molecule has 3 nitrogen and oxygen atoms in total. The lowest BCUT2D eigenvalue weighted by molar-refractivity contribution is 0.611. The van der Waals surface area contributed by atoms with Crippen molar-refractivity contribution in [3.8, 4) is 11.5 Å². The average Bonchev–Trinajstić information content (AvgIpc) is 2.52. The van der Waals surface area contributed by atoms with Gasteiger partial charge in [-0.1, -0.05) is 30.3 Å². The average molecular weight is 312 g/mol. The third kappa shape index (κ3) is 2.24. The summed E-state index contributed by atoms with van der Waals surface area (Å²) in [7, 11) is 4.03. The van der Waals surface area contributed by atoms with E-state index in [0.29, 0.717) is 0 Å². The zero-order valence-corrected chi connectivity index (χ0v) is 13.2. The maximum atomic E-state index is 6.06. The molecule has 0 N–H and O–H groups in total. The molecule has 0 saturated carbocycles. The van der Waals surface area contributed by atoms with E-state index >= 15 is 0 Å². The van der Waals surface area contributed by atoms with Crippen LogP contribution in [-0.4, -0.2) is 19.1 Å². The van der Waals surface area contributed by atoms with Gasteiger partial charge in [-0.2, -0.15) is 0 Å². The highest BCUT2D eigenvalue weighted by molar-refractivity contribution is 6.03. The Bertz CT molecular complexity index is 1020. The van der Waals surface area contributed by atoms with E-state index in [1.54, 1.807) is 0 Å². The van der Waals surface area contributed by atoms with Crippen LogP contribution in [0, 0.1) is 0 Å². The second-order valence-electron chi connectivity index (χ2n) is 5.39. The van der Waals surface area contributed by atoms with E-state index in [1.165, 1.54) is 5.39 Å². The zero-order chi connectivity index (χ0) is 14.4. The SMILES string of the molecule is C[N+](C)=c1ccc2nc3c(ccc4ccccc43)oc-2c1.Cl. The largest absolute Gasteiger partial charge is 0.453 e. The molecule has 2 aromatic rings. The molecule has 0 fully saturated rings. The van der Waals surface area contributed by atoms with Crippen molar-refractivity contribution in [2.75, 3.05) is 14.1 Å². The first-order valence-corrected chi connectivity index (χ1v) is 6.95. The second kappa shape index (κ2) is 5.43. The van der Waals surface area contributed by atoms with Crippen molar-refractivity contribution in [2.45, 2.75) is 0 Å². The molecule has 0 amide bonds. The predicted octanol–water partition coefficient (Wildman–Crippen LogP) is 3.54. The van der Waals surface area contributed by atoms with Gasteiger partial charge >= 0.3 is 0 Å². The summed E-state index contributed by atoms with van der Waals surface area (Å²) in [5, 5.41) is 3.41. The van der Waals surface area contributed by atoms with Gasteiger partial charge in [0, 0.05) is 11.5 Å². The number of hydrogen-bond donors (Lipinski definition) is 0. The molecule has 0 spiro atoms. The molecular formula is C18H16ClN2O+. The molecule has 0 unspecified atom stereocenters. The summed E-state index contributed by atoms with van der Waals surface area (Å²) >= 11 is 0. The number of aromatic nitrogens is 1. The van der Waals surface area contributed by atoms with Crippen molar-refractivity contribution in [1.29, 1.82) is 0 Å². The molecule has 0 bridgehead atoms. The van der Waals surface area contributed by atoms with Gasteiger partial charge in [0.1, 0.15) is 25.3 Å². The highest BCUT2D eigenvalue weighted by atomic mass is 35.5. The van der Waals surface area contributed by atoms with Crippen LogP contribution in [0.25, 0.3) is 33.3 Å². The van der Waals surface area contributed by atoms with Crippen LogP contribution in [0.1, 0.15) is 0 Å². The van der Waals surface area contributed by atoms with Crippen LogP contribution in [0.5, 0.6) is 0 Å². The lowest BCUT2D eigenvalue weighted by Crippen LogP contribution is -2.21. The monoisotopic (exact) mass is 311 g/mol. The van der Waals surface area contributed by atoms with Gasteiger partial charge in [0.05, 0.1) is 6.07 Å². The molecule has 0 saturated heterocycles. The van der Waals surface area contributed by atoms with E-state index in [2.05, 4.69) is 28.8 Å². The summed E-state index contributed by atoms with van der Waals surface area (Å²) in [6, 6.07) is 18.4. The van der Waals surface area contributed by atoms with Gasteiger partial charge in [0.25, 0.3) is 0 Å². The van der Waals surface area contributed by atoms with E-state index in [0.717, 1.165) is 33.3 Å². The molecule has 4 rings (SSSR count). The summed E-state index contributed by atoms with van der Waals surface area (Å²) in [5.74, 6) is 0.809. The Kier molecular flexibility index (Phi) is 3.59. The van der Waals surface area contributed by atoms with Gasteiger partial charge in [-0.3, -0.25) is 0 Å². The molecule has 0 aromatic heterocycles. The van der Waals surface area contributed by atoms with Crippen molar-refractivity contribution in [2.24, 2.45) is 0 Å². The highest BCUT2D eigenvalue weighted by Crippen LogP contribution is 2.28. The Morgan fingerprint density at radius 3 is 2.59 bits per heavy atom. The molecule has 110 valence electrons. The third-order valence-corrected chi connectivity index (χ3v) is 3.78. The first-order valence-electron chi connectivity index (χ1n) is 6.95. The molecule has 0 atom stereocenters. The van der Waals surface area contributed by atoms with Crippen LogP contribution in [0.15, 0.2) is 59.0 Å². The Morgan fingerprint density at radius 1 is 0.955 bits per heavy atom. The van der Waals surface area contributed by atoms with Crippen molar-refractivity contribution >= 4 is 34.3 Å². The molecule has 2 aromatic carbocycles. The fraction of sp³-hybridized carbons (Fsp3) is 0.111. The quantitative estimate of drug-likeness (QED) is 0.282. The standard InChI is InChI=1S/C18H15N2O.ClH/c1-20(2)13-8-9-15-17(11-13)21-16-10-7-12-5-3-4-6-14(12)18(16)19-15;/h3-11H,1-2H3;1H/q+1;. The highest BCUT2D eigenvalue weighted by Gasteiger charge is 2.12. The van der Waals surface area contributed by atoms with Crippen LogP contribution in [0.2, 0.25) is 0 Å². The maximum absolute atomic E-state index is 6.06. The number of rotatable bonds is 0. The maximum Gasteiger partial charge on any atom is 0.203 e. The number of hydrogen-bond acceptors (Lipinski definition) is 2. The molecule has 2 aliphatic rings. The Balaban J connectivity index is 0.00000144. The summed E-state index contributed by atoms with van der Waals surface area (Å²) in [6.45, 7) is 0. The zero-order valence-electron chi connectivity index (χ0n) is 12.4. The smallest absolute Gasteiger partial charge is 0.203 e. The minimum atomic E-state index is 0. The Morgan fingerprint density at radius 2 is 1.77 bits per heavy atom. The number of fused-ring (bicyclic) bond motifs is 4. The van der Waals surface area contributed by atoms with E-state index in [9.17, 15) is 0 Å². The van der Waals surface area contributed by atoms with Crippen molar-refractivity contribution in [3.05, 3.63) is 60.0 Å². The number of halogens is 1. The van der Waals surface area contributed by atoms with E-state index in [1.807, 2.05) is 44.4 Å². The van der Waals surface area contributed by atoms with E-state index in [4.69, 9.17) is 9.40 Å². The molecule has 4 heteroatoms. The topological polar surface area (TPSA) is 29.0 Å². The third-order valence-electron chi connectivity index (χ3n) is 3.78. The van der Waals surface area contributed by atoms with Gasteiger partial charge in [-0.05, 0) is 17.5 Å². The molecular weight excluding hydrogens is 296 g/mol. The minimum absolute atomic E-state index is 0. The van der Waals surface area contributed by atoms with Crippen LogP contribution in [0.3, 0.4) is 0 Å². The summed E-state index contributed by atoms with van der Waals surface area (Å²) in [4.78, 5) is 4.79. The van der Waals surface area contributed by atoms with E-state index < -0.39 is 0 Å². The van der Waals surface area contributed by atoms with Gasteiger partial charge in [-0.25, -0.2) is 9.56 Å². The van der Waals surface area contributed by atoms with Gasteiger partial charge < -0.3 is 4.42 Å². The van der Waals surface area contributed by atoms with Crippen LogP contribution >= 0.6 is 12.4 Å². The van der Waals surface area contributed by atoms with Crippen molar-refractivity contribution < 1.29 is 4.42 Å². The summed E-state index contributed by atoms with van der Waals surface area (Å²) in [5.41, 5.74) is 2.61. The first-order chi connectivity index (χ1) is 10.2. The summed E-state index contributed by atoms with van der Waals surface area (Å²) in [6.07, 6.45) is 0. The second-order valence-corrected chi connectivity index (χ2v) is 5.39. The van der Waals surface area contributed by atoms with Crippen molar-refractivity contribution in [3.63, 3.8) is 0 Å². The molecule has 1 aliphatic carbocycles. The lowest BCUT2D eigenvalue weighted by atomic mass is 10.1. The van der Waals surface area contributed by atoms with Crippen LogP contribution < -0.4 is 9.93 Å². The number of nitrogens with zero attached hydrogens (tertiary/aromatic N) is 2. The fourth-order valence-electron chi connectivity index (χ4n) is 2.63. The number of benzene rings is 3. The van der Waals surface area contributed by atoms with Gasteiger partial charge in [0.2, 0.25) is 5.36 Å². The summed E-state index contributed by atoms with van der Waals surface area (Å²) < 4.78 is 8.11. The van der Waals surface area contributed by atoms with Crippen LogP contribution in [0.4, 0.5) is 0 Å². The lowest BCUT2D eigenvalue weighted by Gasteiger charge is -2.07. The fourth-order valence-corrected chi connectivity index (χ4v) is 2.63. The minimum Gasteiger partial charge on any atom is -0.453 e. The predicted molar refractivity (Wildman–Crippen MR) is 92.5 cm³/mol. The van der Waals surface area contributed by atoms with Gasteiger partial charge in [0.15, 0.2) is 11.3 Å². The Labute approximate surface area is 134 Å². The van der Waals surface area contributed by atoms with E-state index in [-0.39, 0.29) is 12.4 Å². The molecule has 22 heavy (non-hydrogen) atoms. The molecule has 1 aliphatic heterocycles. The Hall–Kier alpha value is -2.39. The van der Waals surface area contributed by atoms with Crippen LogP contribution in [-0.2, 0) is 0 Å². The first kappa shape index (κ1) is 14.5. The normalized spacial score (nSPS) is 10.8.